The number of anilines is 1. The Kier molecular flexibility index (Phi) is 8.57. The number of ether oxygens (including phenoxy) is 2. The topological polar surface area (TPSA) is 88.2 Å². The Labute approximate surface area is 196 Å². The lowest BCUT2D eigenvalue weighted by Gasteiger charge is -2.26. The van der Waals surface area contributed by atoms with Crippen LogP contribution in [0.5, 0.6) is 11.5 Å². The van der Waals surface area contributed by atoms with E-state index in [2.05, 4.69) is 10.2 Å². The molecule has 1 amide bonds. The number of carbonyl (C=O) groups is 1. The van der Waals surface area contributed by atoms with Crippen LogP contribution in [0.3, 0.4) is 0 Å². The number of piperidine rings is 1. The fourth-order valence-electron chi connectivity index (χ4n) is 3.89. The zero-order chi connectivity index (χ0) is 23.8. The van der Waals surface area contributed by atoms with Gasteiger partial charge in [0.1, 0.15) is 0 Å². The van der Waals surface area contributed by atoms with Gasteiger partial charge < -0.3 is 19.7 Å². The second-order valence-electron chi connectivity index (χ2n) is 8.05. The lowest BCUT2D eigenvalue weighted by molar-refractivity contribution is 0.0951. The smallest absolute Gasteiger partial charge is 0.264 e. The van der Waals surface area contributed by atoms with E-state index < -0.39 is 10.0 Å². The van der Waals surface area contributed by atoms with Crippen LogP contribution >= 0.6 is 0 Å². The van der Waals surface area contributed by atoms with Crippen molar-refractivity contribution in [1.82, 2.24) is 10.2 Å². The molecule has 0 atom stereocenters. The average Bonchev–Trinajstić information content (AvgIpc) is 2.86. The first-order valence-electron chi connectivity index (χ1n) is 11.2. The number of rotatable bonds is 10. The summed E-state index contributed by atoms with van der Waals surface area (Å²) in [6, 6.07) is 11.0. The first-order valence-corrected chi connectivity index (χ1v) is 12.6. The second kappa shape index (κ2) is 11.4. The van der Waals surface area contributed by atoms with E-state index in [4.69, 9.17) is 9.47 Å². The Hall–Kier alpha value is -2.78. The van der Waals surface area contributed by atoms with Gasteiger partial charge in [0.2, 0.25) is 0 Å². The molecule has 1 N–H and O–H groups in total. The quantitative estimate of drug-likeness (QED) is 0.531. The van der Waals surface area contributed by atoms with Gasteiger partial charge in [0.25, 0.3) is 15.9 Å². The lowest BCUT2D eigenvalue weighted by atomic mass is 10.1. The maximum Gasteiger partial charge on any atom is 0.264 e. The van der Waals surface area contributed by atoms with Gasteiger partial charge >= 0.3 is 0 Å². The summed E-state index contributed by atoms with van der Waals surface area (Å²) in [5.74, 6) is 0.621. The molecule has 1 saturated heterocycles. The Morgan fingerprint density at radius 1 is 1.00 bits per heavy atom. The number of nitrogens with zero attached hydrogens (tertiary/aromatic N) is 2. The molecular weight excluding hydrogens is 442 g/mol. The van der Waals surface area contributed by atoms with E-state index in [1.807, 2.05) is 0 Å². The molecular formula is C24H33N3O5S. The zero-order valence-electron chi connectivity index (χ0n) is 19.5. The molecule has 180 valence electrons. The van der Waals surface area contributed by atoms with Crippen molar-refractivity contribution >= 4 is 21.6 Å². The van der Waals surface area contributed by atoms with Crippen molar-refractivity contribution in [3.05, 3.63) is 48.0 Å². The minimum Gasteiger partial charge on any atom is -0.493 e. The molecule has 3 rings (SSSR count). The molecule has 1 aliphatic heterocycles. The normalized spacial score (nSPS) is 14.5. The third kappa shape index (κ3) is 6.17. The minimum atomic E-state index is -3.82. The molecule has 0 spiro atoms. The van der Waals surface area contributed by atoms with Crippen LogP contribution in [0.2, 0.25) is 0 Å². The fraction of sp³-hybridized carbons (Fsp3) is 0.458. The van der Waals surface area contributed by atoms with Gasteiger partial charge in [-0.15, -0.1) is 0 Å². The van der Waals surface area contributed by atoms with Crippen molar-refractivity contribution in [1.29, 1.82) is 0 Å². The minimum absolute atomic E-state index is 0.0816. The fourth-order valence-corrected chi connectivity index (χ4v) is 5.10. The summed E-state index contributed by atoms with van der Waals surface area (Å²) in [4.78, 5) is 15.0. The first kappa shape index (κ1) is 24.9. The predicted octanol–water partition coefficient (Wildman–Crippen LogP) is 3.13. The highest BCUT2D eigenvalue weighted by Gasteiger charge is 2.23. The predicted molar refractivity (Wildman–Crippen MR) is 129 cm³/mol. The van der Waals surface area contributed by atoms with E-state index in [9.17, 15) is 13.2 Å². The monoisotopic (exact) mass is 475 g/mol. The van der Waals surface area contributed by atoms with Gasteiger partial charge in [0.15, 0.2) is 11.5 Å². The highest BCUT2D eigenvalue weighted by molar-refractivity contribution is 7.92. The number of likely N-dealkylation sites (tertiary alicyclic amines) is 1. The number of hydrogen-bond acceptors (Lipinski definition) is 6. The molecule has 0 saturated carbocycles. The highest BCUT2D eigenvalue weighted by Crippen LogP contribution is 2.31. The number of sulfonamides is 1. The van der Waals surface area contributed by atoms with Crippen LogP contribution in [0.25, 0.3) is 0 Å². The summed E-state index contributed by atoms with van der Waals surface area (Å²) < 4.78 is 37.7. The van der Waals surface area contributed by atoms with Crippen molar-refractivity contribution in [3.8, 4) is 11.5 Å². The molecule has 0 radical (unpaired) electrons. The van der Waals surface area contributed by atoms with E-state index in [0.717, 1.165) is 26.1 Å². The Morgan fingerprint density at radius 2 is 1.67 bits per heavy atom. The van der Waals surface area contributed by atoms with Gasteiger partial charge in [0, 0.05) is 25.2 Å². The second-order valence-corrected chi connectivity index (χ2v) is 10.0. The van der Waals surface area contributed by atoms with Crippen molar-refractivity contribution in [3.63, 3.8) is 0 Å². The zero-order valence-corrected chi connectivity index (χ0v) is 20.4. The summed E-state index contributed by atoms with van der Waals surface area (Å²) >= 11 is 0. The van der Waals surface area contributed by atoms with Crippen LogP contribution < -0.4 is 19.1 Å². The van der Waals surface area contributed by atoms with Crippen LogP contribution in [0.15, 0.2) is 47.4 Å². The van der Waals surface area contributed by atoms with Crippen LogP contribution in [0.4, 0.5) is 5.69 Å². The molecule has 1 fully saturated rings. The Morgan fingerprint density at radius 3 is 2.30 bits per heavy atom. The molecule has 0 bridgehead atoms. The molecule has 0 aliphatic carbocycles. The summed E-state index contributed by atoms with van der Waals surface area (Å²) in [6.07, 6.45) is 4.74. The van der Waals surface area contributed by atoms with Crippen molar-refractivity contribution in [2.24, 2.45) is 0 Å². The summed E-state index contributed by atoms with van der Waals surface area (Å²) in [5.41, 5.74) is 0.945. The number of benzene rings is 2. The molecule has 0 aromatic heterocycles. The van der Waals surface area contributed by atoms with Crippen LogP contribution in [-0.4, -0.2) is 66.7 Å². The number of amides is 1. The Balaban J connectivity index is 1.59. The van der Waals surface area contributed by atoms with Gasteiger partial charge in [-0.3, -0.25) is 9.10 Å². The molecule has 2 aromatic rings. The van der Waals surface area contributed by atoms with Crippen LogP contribution in [0, 0.1) is 0 Å². The molecule has 33 heavy (non-hydrogen) atoms. The van der Waals surface area contributed by atoms with E-state index in [0.29, 0.717) is 29.3 Å². The average molecular weight is 476 g/mol. The van der Waals surface area contributed by atoms with Crippen molar-refractivity contribution < 1.29 is 22.7 Å². The van der Waals surface area contributed by atoms with Crippen molar-refractivity contribution in [2.45, 2.75) is 30.6 Å². The van der Waals surface area contributed by atoms with Gasteiger partial charge in [-0.05, 0) is 75.3 Å². The molecule has 9 heteroatoms. The summed E-state index contributed by atoms with van der Waals surface area (Å²) in [7, 11) is 0.600. The maximum absolute atomic E-state index is 13.1. The third-order valence-electron chi connectivity index (χ3n) is 5.89. The molecule has 8 nitrogen and oxygen atoms in total. The van der Waals surface area contributed by atoms with E-state index in [-0.39, 0.29) is 10.8 Å². The van der Waals surface area contributed by atoms with Gasteiger partial charge in [-0.1, -0.05) is 6.42 Å². The first-order chi connectivity index (χ1) is 15.9. The maximum atomic E-state index is 13.1. The Bertz CT molecular complexity index is 1030. The van der Waals surface area contributed by atoms with E-state index in [1.54, 1.807) is 30.3 Å². The SMILES string of the molecule is COc1ccc(S(=O)(=O)N(C)c2ccc(C(=O)NCCCN3CCCCC3)cc2)cc1OC. The number of carbonyl (C=O) groups excluding carboxylic acids is 1. The van der Waals surface area contributed by atoms with Gasteiger partial charge in [-0.2, -0.15) is 0 Å². The van der Waals surface area contributed by atoms with Crippen LogP contribution in [-0.2, 0) is 10.0 Å². The highest BCUT2D eigenvalue weighted by atomic mass is 32.2. The summed E-state index contributed by atoms with van der Waals surface area (Å²) in [6.45, 7) is 3.91. The number of nitrogens with one attached hydrogen (secondary N) is 1. The lowest BCUT2D eigenvalue weighted by Crippen LogP contribution is -2.33. The molecule has 1 aliphatic rings. The van der Waals surface area contributed by atoms with Gasteiger partial charge in [0.05, 0.1) is 24.8 Å². The molecule has 0 unspecified atom stereocenters. The van der Waals surface area contributed by atoms with E-state index in [1.165, 1.54) is 57.0 Å². The number of hydrogen-bond donors (Lipinski definition) is 1. The standard InChI is InChI=1S/C24H33N3O5S/c1-26(33(29,30)21-12-13-22(31-2)23(18-21)32-3)20-10-8-19(9-11-20)24(28)25-14-7-17-27-15-5-4-6-16-27/h8-13,18H,4-7,14-17H2,1-3H3,(H,25,28). The van der Waals surface area contributed by atoms with E-state index >= 15 is 0 Å². The molecule has 2 aromatic carbocycles. The summed E-state index contributed by atoms with van der Waals surface area (Å²) in [5, 5.41) is 2.94. The van der Waals surface area contributed by atoms with Crippen molar-refractivity contribution in [2.75, 3.05) is 51.8 Å². The largest absolute Gasteiger partial charge is 0.493 e. The van der Waals surface area contributed by atoms with Crippen LogP contribution in [0.1, 0.15) is 36.0 Å². The van der Waals surface area contributed by atoms with Gasteiger partial charge in [-0.25, -0.2) is 8.42 Å². The third-order valence-corrected chi connectivity index (χ3v) is 7.67. The molecule has 1 heterocycles. The number of methoxy groups -OCH3 is 2.